The van der Waals surface area contributed by atoms with Crippen molar-refractivity contribution in [2.45, 2.75) is 26.7 Å². The number of benzene rings is 5. The van der Waals surface area contributed by atoms with Gasteiger partial charge in [-0.2, -0.15) is 0 Å². The first kappa shape index (κ1) is 23.7. The molecule has 5 aromatic carbocycles. The summed E-state index contributed by atoms with van der Waals surface area (Å²) < 4.78 is 0. The van der Waals surface area contributed by atoms with E-state index in [1.807, 2.05) is 0 Å². The van der Waals surface area contributed by atoms with E-state index in [1.54, 1.807) is 0 Å². The Morgan fingerprint density at radius 1 is 0.444 bits per heavy atom. The molecule has 0 aliphatic rings. The van der Waals surface area contributed by atoms with Gasteiger partial charge in [0.15, 0.2) is 0 Å². The lowest BCUT2D eigenvalue weighted by atomic mass is 9.96. The average molecular weight is 471 g/mol. The van der Waals surface area contributed by atoms with Gasteiger partial charge in [-0.25, -0.2) is 0 Å². The normalized spacial score (nSPS) is 10.9. The van der Waals surface area contributed by atoms with E-state index in [0.717, 1.165) is 37.3 Å². The lowest BCUT2D eigenvalue weighted by Crippen LogP contribution is -2.23. The lowest BCUT2D eigenvalue weighted by molar-refractivity contribution is 0.848. The Kier molecular flexibility index (Phi) is 7.33. The first-order chi connectivity index (χ1) is 17.8. The molecule has 180 valence electrons. The number of nitrogens with zero attached hydrogens (tertiary/aromatic N) is 2. The summed E-state index contributed by atoms with van der Waals surface area (Å²) in [7, 11) is 0. The number of rotatable bonds is 9. The van der Waals surface area contributed by atoms with Gasteiger partial charge in [-0.1, -0.05) is 84.9 Å². The van der Waals surface area contributed by atoms with Crippen LogP contribution in [0.1, 0.15) is 25.0 Å². The Morgan fingerprint density at radius 3 is 1.61 bits per heavy atom. The third-order valence-electron chi connectivity index (χ3n) is 7.02. The van der Waals surface area contributed by atoms with Crippen molar-refractivity contribution < 1.29 is 0 Å². The Labute approximate surface area is 215 Å². The first-order valence-electron chi connectivity index (χ1n) is 13.0. The summed E-state index contributed by atoms with van der Waals surface area (Å²) in [6.45, 7) is 6.52. The van der Waals surface area contributed by atoms with E-state index >= 15 is 0 Å². The van der Waals surface area contributed by atoms with Gasteiger partial charge in [0.1, 0.15) is 0 Å². The molecule has 0 spiro atoms. The molecule has 0 bridgehead atoms. The van der Waals surface area contributed by atoms with Crippen LogP contribution < -0.4 is 9.80 Å². The molecule has 0 atom stereocenters. The molecular weight excluding hydrogens is 436 g/mol. The third-order valence-corrected chi connectivity index (χ3v) is 7.02. The minimum Gasteiger partial charge on any atom is -0.372 e. The number of para-hydroxylation sites is 3. The molecule has 2 heteroatoms. The summed E-state index contributed by atoms with van der Waals surface area (Å²) in [6.07, 6.45) is 2.03. The zero-order valence-corrected chi connectivity index (χ0v) is 21.3. The second-order valence-electron chi connectivity index (χ2n) is 9.10. The van der Waals surface area contributed by atoms with Crippen molar-refractivity contribution in [2.24, 2.45) is 0 Å². The maximum absolute atomic E-state index is 2.45. The van der Waals surface area contributed by atoms with Crippen LogP contribution >= 0.6 is 0 Å². The van der Waals surface area contributed by atoms with Crippen LogP contribution in [0.3, 0.4) is 0 Å². The maximum atomic E-state index is 2.45. The monoisotopic (exact) mass is 470 g/mol. The quantitative estimate of drug-likeness (QED) is 0.212. The standard InChI is InChI=1S/C34H34N2/c1-3-35(4-2)33-22-14-11-15-28(33)24-23-27-25-26-34(32-21-13-12-20-31(27)32)36(29-16-7-5-8-17-29)30-18-9-6-10-19-30/h5-22,25-26H,3-4,23-24H2,1-2H3. The fraction of sp³-hybridized carbons (Fsp3) is 0.176. The van der Waals surface area contributed by atoms with Gasteiger partial charge in [0, 0.05) is 35.5 Å². The Morgan fingerprint density at radius 2 is 0.972 bits per heavy atom. The van der Waals surface area contributed by atoms with Crippen LogP contribution in [0.4, 0.5) is 22.7 Å². The minimum absolute atomic E-state index is 1.01. The number of hydrogen-bond donors (Lipinski definition) is 0. The van der Waals surface area contributed by atoms with E-state index in [9.17, 15) is 0 Å². The van der Waals surface area contributed by atoms with E-state index in [0.29, 0.717) is 0 Å². The molecule has 0 fully saturated rings. The van der Waals surface area contributed by atoms with E-state index in [-0.39, 0.29) is 0 Å². The fourth-order valence-electron chi connectivity index (χ4n) is 5.20. The molecule has 2 nitrogen and oxygen atoms in total. The molecule has 0 unspecified atom stereocenters. The van der Waals surface area contributed by atoms with Crippen LogP contribution in [0.25, 0.3) is 10.8 Å². The van der Waals surface area contributed by atoms with Gasteiger partial charge in [0.05, 0.1) is 5.69 Å². The van der Waals surface area contributed by atoms with Gasteiger partial charge >= 0.3 is 0 Å². The average Bonchev–Trinajstić information content (AvgIpc) is 2.95. The molecule has 5 aromatic rings. The number of anilines is 4. The summed E-state index contributed by atoms with van der Waals surface area (Å²) in [5.41, 5.74) is 7.71. The summed E-state index contributed by atoms with van der Waals surface area (Å²) in [4.78, 5) is 4.82. The van der Waals surface area contributed by atoms with Crippen LogP contribution in [0.2, 0.25) is 0 Å². The second-order valence-corrected chi connectivity index (χ2v) is 9.10. The van der Waals surface area contributed by atoms with Gasteiger partial charge < -0.3 is 9.80 Å². The summed E-state index contributed by atoms with van der Waals surface area (Å²) in [5.74, 6) is 0. The highest BCUT2D eigenvalue weighted by Gasteiger charge is 2.16. The lowest BCUT2D eigenvalue weighted by Gasteiger charge is -2.27. The van der Waals surface area contributed by atoms with Crippen LogP contribution in [0, 0.1) is 0 Å². The van der Waals surface area contributed by atoms with Gasteiger partial charge in [0.2, 0.25) is 0 Å². The predicted octanol–water partition coefficient (Wildman–Crippen LogP) is 8.94. The Hall–Kier alpha value is -4.04. The molecule has 0 radical (unpaired) electrons. The SMILES string of the molecule is CCN(CC)c1ccccc1CCc1ccc(N(c2ccccc2)c2ccccc2)c2ccccc12. The molecular formula is C34H34N2. The van der Waals surface area contributed by atoms with Crippen molar-refractivity contribution >= 4 is 33.5 Å². The molecule has 0 saturated carbocycles. The second kappa shape index (κ2) is 11.1. The van der Waals surface area contributed by atoms with Gasteiger partial charge in [-0.05, 0) is 79.6 Å². The summed E-state index contributed by atoms with van der Waals surface area (Å²) in [6, 6.07) is 43.7. The maximum Gasteiger partial charge on any atom is 0.0540 e. The van der Waals surface area contributed by atoms with E-state index in [1.165, 1.54) is 33.3 Å². The smallest absolute Gasteiger partial charge is 0.0540 e. The highest BCUT2D eigenvalue weighted by atomic mass is 15.1. The number of hydrogen-bond acceptors (Lipinski definition) is 2. The topological polar surface area (TPSA) is 6.48 Å². The molecule has 0 N–H and O–H groups in total. The zero-order chi connectivity index (χ0) is 24.7. The molecule has 36 heavy (non-hydrogen) atoms. The molecule has 0 amide bonds. The van der Waals surface area contributed by atoms with Crippen LogP contribution in [0.15, 0.2) is 121 Å². The predicted molar refractivity (Wildman–Crippen MR) is 156 cm³/mol. The molecule has 0 aliphatic heterocycles. The highest BCUT2D eigenvalue weighted by Crippen LogP contribution is 2.39. The fourth-order valence-corrected chi connectivity index (χ4v) is 5.20. The van der Waals surface area contributed by atoms with Gasteiger partial charge in [-0.3, -0.25) is 0 Å². The van der Waals surface area contributed by atoms with Crippen LogP contribution in [-0.4, -0.2) is 13.1 Å². The van der Waals surface area contributed by atoms with Crippen molar-refractivity contribution in [1.82, 2.24) is 0 Å². The molecule has 0 aromatic heterocycles. The highest BCUT2D eigenvalue weighted by molar-refractivity contribution is 6.00. The molecule has 0 heterocycles. The Balaban J connectivity index is 1.55. The van der Waals surface area contributed by atoms with E-state index in [2.05, 4.69) is 145 Å². The van der Waals surface area contributed by atoms with Gasteiger partial charge in [-0.15, -0.1) is 0 Å². The summed E-state index contributed by atoms with van der Waals surface area (Å²) >= 11 is 0. The molecule has 0 aliphatic carbocycles. The third kappa shape index (κ3) is 4.85. The first-order valence-corrected chi connectivity index (χ1v) is 13.0. The summed E-state index contributed by atoms with van der Waals surface area (Å²) in [5, 5.41) is 2.60. The Bertz CT molecular complexity index is 1370. The van der Waals surface area contributed by atoms with Crippen LogP contribution in [0.5, 0.6) is 0 Å². The minimum atomic E-state index is 1.01. The molecule has 5 rings (SSSR count). The van der Waals surface area contributed by atoms with E-state index in [4.69, 9.17) is 0 Å². The van der Waals surface area contributed by atoms with Crippen LogP contribution in [-0.2, 0) is 12.8 Å². The van der Waals surface area contributed by atoms with Gasteiger partial charge in [0.25, 0.3) is 0 Å². The van der Waals surface area contributed by atoms with Crippen molar-refractivity contribution in [3.8, 4) is 0 Å². The van der Waals surface area contributed by atoms with Crippen molar-refractivity contribution in [1.29, 1.82) is 0 Å². The number of aryl methyl sites for hydroxylation is 2. The largest absolute Gasteiger partial charge is 0.372 e. The van der Waals surface area contributed by atoms with Crippen molar-refractivity contribution in [3.63, 3.8) is 0 Å². The number of fused-ring (bicyclic) bond motifs is 1. The zero-order valence-electron chi connectivity index (χ0n) is 21.3. The van der Waals surface area contributed by atoms with Crippen molar-refractivity contribution in [2.75, 3.05) is 22.9 Å². The molecule has 0 saturated heterocycles. The van der Waals surface area contributed by atoms with Crippen molar-refractivity contribution in [3.05, 3.63) is 132 Å². The van der Waals surface area contributed by atoms with E-state index < -0.39 is 0 Å².